The molecule has 4 saturated carbocycles. The Kier molecular flexibility index (Phi) is 3.15. The first kappa shape index (κ1) is 15.7. The SMILES string of the molecule is C=C1[C@H]2CC[C@@H]3[C@]4(C)CCC[C@](C)(C(=O)O)[C@@H]4CC[C@@]3(C2)[C@H]1O. The van der Waals surface area contributed by atoms with E-state index in [1.807, 2.05) is 6.92 Å². The van der Waals surface area contributed by atoms with E-state index in [0.29, 0.717) is 11.8 Å². The number of carboxylic acids is 1. The summed E-state index contributed by atoms with van der Waals surface area (Å²) < 4.78 is 0. The third kappa shape index (κ3) is 1.72. The van der Waals surface area contributed by atoms with Gasteiger partial charge in [0.25, 0.3) is 0 Å². The molecule has 0 aliphatic heterocycles. The Morgan fingerprint density at radius 3 is 2.57 bits per heavy atom. The third-order valence-corrected chi connectivity index (χ3v) is 8.70. The molecular weight excluding hydrogens is 288 g/mol. The Balaban J connectivity index is 1.78. The van der Waals surface area contributed by atoms with Crippen molar-refractivity contribution in [1.29, 1.82) is 0 Å². The van der Waals surface area contributed by atoms with Gasteiger partial charge in [-0.05, 0) is 80.6 Å². The molecule has 0 aromatic carbocycles. The van der Waals surface area contributed by atoms with Gasteiger partial charge in [0, 0.05) is 5.41 Å². The number of fused-ring (bicyclic) bond motifs is 3. The maximum Gasteiger partial charge on any atom is 0.309 e. The molecule has 128 valence electrons. The third-order valence-electron chi connectivity index (χ3n) is 8.70. The molecule has 0 unspecified atom stereocenters. The second-order valence-electron chi connectivity index (χ2n) is 9.41. The van der Waals surface area contributed by atoms with E-state index in [-0.39, 0.29) is 22.9 Å². The fourth-order valence-electron chi connectivity index (χ4n) is 7.62. The molecule has 4 aliphatic carbocycles. The second-order valence-corrected chi connectivity index (χ2v) is 9.41. The van der Waals surface area contributed by atoms with E-state index in [1.165, 1.54) is 0 Å². The zero-order valence-electron chi connectivity index (χ0n) is 14.5. The minimum absolute atomic E-state index is 0.0119. The zero-order valence-corrected chi connectivity index (χ0v) is 14.5. The number of rotatable bonds is 1. The lowest BCUT2D eigenvalue weighted by molar-refractivity contribution is -0.190. The normalized spacial score (nSPS) is 55.2. The average molecular weight is 318 g/mol. The summed E-state index contributed by atoms with van der Waals surface area (Å²) in [4.78, 5) is 12.0. The largest absolute Gasteiger partial charge is 0.481 e. The number of aliphatic hydroxyl groups excluding tert-OH is 1. The molecule has 2 N–H and O–H groups in total. The van der Waals surface area contributed by atoms with Crippen LogP contribution < -0.4 is 0 Å². The molecule has 3 heteroatoms. The summed E-state index contributed by atoms with van der Waals surface area (Å²) in [5.41, 5.74) is 0.514. The molecule has 1 spiro atoms. The molecule has 3 nitrogen and oxygen atoms in total. The van der Waals surface area contributed by atoms with Gasteiger partial charge >= 0.3 is 5.97 Å². The summed E-state index contributed by atoms with van der Waals surface area (Å²) >= 11 is 0. The summed E-state index contributed by atoms with van der Waals surface area (Å²) in [5, 5.41) is 20.9. The first-order valence-corrected chi connectivity index (χ1v) is 9.36. The lowest BCUT2D eigenvalue weighted by Gasteiger charge is -2.63. The van der Waals surface area contributed by atoms with Crippen LogP contribution in [0.4, 0.5) is 0 Å². The van der Waals surface area contributed by atoms with Crippen LogP contribution >= 0.6 is 0 Å². The van der Waals surface area contributed by atoms with Crippen molar-refractivity contribution in [3.63, 3.8) is 0 Å². The van der Waals surface area contributed by atoms with Gasteiger partial charge < -0.3 is 10.2 Å². The number of carboxylic acid groups (broad SMARTS) is 1. The standard InChI is InChI=1S/C20H30O3/c1-12-13-5-6-15-18(2)8-4-9-19(3,17(22)23)14(18)7-10-20(15,11-13)16(12)21/h13-16,21H,1,4-11H2,2-3H3,(H,22,23)/t13-,14+,15+,16-,18+,19-,20-/m0/s1. The molecule has 4 rings (SSSR count). The molecule has 2 bridgehead atoms. The molecule has 7 atom stereocenters. The highest BCUT2D eigenvalue weighted by atomic mass is 16.4. The summed E-state index contributed by atoms with van der Waals surface area (Å²) in [5.74, 6) is 0.581. The van der Waals surface area contributed by atoms with Crippen LogP contribution in [-0.2, 0) is 4.79 Å². The molecule has 0 heterocycles. The predicted octanol–water partition coefficient (Wildman–Crippen LogP) is 4.01. The number of aliphatic carboxylic acids is 1. The van der Waals surface area contributed by atoms with Crippen LogP contribution in [0.2, 0.25) is 0 Å². The number of hydrogen-bond donors (Lipinski definition) is 2. The van der Waals surface area contributed by atoms with Crippen LogP contribution in [0.3, 0.4) is 0 Å². The van der Waals surface area contributed by atoms with E-state index >= 15 is 0 Å². The van der Waals surface area contributed by atoms with Crippen molar-refractivity contribution in [3.05, 3.63) is 12.2 Å². The van der Waals surface area contributed by atoms with Gasteiger partial charge in [-0.25, -0.2) is 0 Å². The summed E-state index contributed by atoms with van der Waals surface area (Å²) in [6.45, 7) is 8.53. The number of carbonyl (C=O) groups is 1. The van der Waals surface area contributed by atoms with E-state index in [4.69, 9.17) is 0 Å². The maximum atomic E-state index is 12.0. The Bertz CT molecular complexity index is 569. The highest BCUT2D eigenvalue weighted by molar-refractivity contribution is 5.75. The predicted molar refractivity (Wildman–Crippen MR) is 88.8 cm³/mol. The quantitative estimate of drug-likeness (QED) is 0.718. The monoisotopic (exact) mass is 318 g/mol. The van der Waals surface area contributed by atoms with Crippen molar-refractivity contribution in [2.75, 3.05) is 0 Å². The average Bonchev–Trinajstić information content (AvgIpc) is 2.68. The highest BCUT2D eigenvalue weighted by Crippen LogP contribution is 2.72. The van der Waals surface area contributed by atoms with Crippen LogP contribution in [0.5, 0.6) is 0 Å². The van der Waals surface area contributed by atoms with Crippen molar-refractivity contribution in [3.8, 4) is 0 Å². The van der Waals surface area contributed by atoms with Gasteiger partial charge in [0.1, 0.15) is 0 Å². The number of hydrogen-bond acceptors (Lipinski definition) is 2. The fourth-order valence-corrected chi connectivity index (χ4v) is 7.62. The van der Waals surface area contributed by atoms with Gasteiger partial charge in [0.15, 0.2) is 0 Å². The molecule has 0 aromatic heterocycles. The first-order chi connectivity index (χ1) is 10.8. The lowest BCUT2D eigenvalue weighted by Crippen LogP contribution is -2.60. The summed E-state index contributed by atoms with van der Waals surface area (Å²) in [6, 6.07) is 0. The van der Waals surface area contributed by atoms with Crippen molar-refractivity contribution in [2.45, 2.75) is 71.3 Å². The molecule has 4 fully saturated rings. The lowest BCUT2D eigenvalue weighted by atomic mass is 9.40. The van der Waals surface area contributed by atoms with Crippen LogP contribution in [0.25, 0.3) is 0 Å². The molecule has 23 heavy (non-hydrogen) atoms. The molecule has 0 aromatic rings. The second kappa shape index (κ2) is 4.62. The van der Waals surface area contributed by atoms with Crippen molar-refractivity contribution in [2.24, 2.45) is 34.0 Å². The van der Waals surface area contributed by atoms with Crippen LogP contribution in [0, 0.1) is 34.0 Å². The van der Waals surface area contributed by atoms with Gasteiger partial charge in [-0.1, -0.05) is 19.9 Å². The fraction of sp³-hybridized carbons (Fsp3) is 0.850. The smallest absolute Gasteiger partial charge is 0.309 e. The first-order valence-electron chi connectivity index (χ1n) is 9.36. The van der Waals surface area contributed by atoms with Crippen molar-refractivity contribution in [1.82, 2.24) is 0 Å². The van der Waals surface area contributed by atoms with Gasteiger partial charge in [-0.15, -0.1) is 0 Å². The van der Waals surface area contributed by atoms with E-state index in [9.17, 15) is 15.0 Å². The van der Waals surface area contributed by atoms with Gasteiger partial charge in [0.05, 0.1) is 11.5 Å². The van der Waals surface area contributed by atoms with Crippen molar-refractivity contribution >= 4 is 5.97 Å². The van der Waals surface area contributed by atoms with E-state index in [2.05, 4.69) is 13.5 Å². The molecule has 0 saturated heterocycles. The number of aliphatic hydroxyl groups is 1. The molecule has 4 aliphatic rings. The molecule has 0 amide bonds. The minimum atomic E-state index is -0.616. The minimum Gasteiger partial charge on any atom is -0.481 e. The summed E-state index contributed by atoms with van der Waals surface area (Å²) in [7, 11) is 0. The van der Waals surface area contributed by atoms with Crippen LogP contribution in [0.1, 0.15) is 65.2 Å². The van der Waals surface area contributed by atoms with Crippen molar-refractivity contribution < 1.29 is 15.0 Å². The Morgan fingerprint density at radius 1 is 1.13 bits per heavy atom. The van der Waals surface area contributed by atoms with Gasteiger partial charge in [0.2, 0.25) is 0 Å². The van der Waals surface area contributed by atoms with Gasteiger partial charge in [-0.2, -0.15) is 0 Å². The summed E-state index contributed by atoms with van der Waals surface area (Å²) in [6.07, 6.45) is 7.86. The topological polar surface area (TPSA) is 57.5 Å². The Labute approximate surface area is 139 Å². The van der Waals surface area contributed by atoms with Gasteiger partial charge in [-0.3, -0.25) is 4.79 Å². The van der Waals surface area contributed by atoms with Crippen LogP contribution in [0.15, 0.2) is 12.2 Å². The molecule has 0 radical (unpaired) electrons. The van der Waals surface area contributed by atoms with E-state index < -0.39 is 11.4 Å². The Hall–Kier alpha value is -0.830. The molecular formula is C20H30O3. The highest BCUT2D eigenvalue weighted by Gasteiger charge is 2.67. The van der Waals surface area contributed by atoms with E-state index in [0.717, 1.165) is 56.9 Å². The van der Waals surface area contributed by atoms with E-state index in [1.54, 1.807) is 0 Å². The maximum absolute atomic E-state index is 12.0. The Morgan fingerprint density at radius 2 is 1.87 bits per heavy atom. The van der Waals surface area contributed by atoms with Crippen LogP contribution in [-0.4, -0.2) is 22.3 Å². The zero-order chi connectivity index (χ0) is 16.6.